The van der Waals surface area contributed by atoms with Crippen molar-refractivity contribution in [3.63, 3.8) is 0 Å². The number of carbonyl (C=O) groups is 1. The highest BCUT2D eigenvalue weighted by Crippen LogP contribution is 2.20. The topological polar surface area (TPSA) is 51.1 Å². The third kappa shape index (κ3) is 7.30. The van der Waals surface area contributed by atoms with Crippen molar-refractivity contribution in [1.29, 1.82) is 0 Å². The number of rotatable bonds is 8. The van der Waals surface area contributed by atoms with Crippen LogP contribution in [0.15, 0.2) is 29.9 Å². The molecule has 0 N–H and O–H groups in total. The van der Waals surface area contributed by atoms with Gasteiger partial charge in [0.25, 0.3) is 0 Å². The highest BCUT2D eigenvalue weighted by Gasteiger charge is 2.26. The molecule has 1 saturated heterocycles. The summed E-state index contributed by atoms with van der Waals surface area (Å²) in [7, 11) is 0. The molecule has 0 bridgehead atoms. The van der Waals surface area contributed by atoms with Crippen LogP contribution in [-0.2, 0) is 14.3 Å². The van der Waals surface area contributed by atoms with E-state index < -0.39 is 5.60 Å². The van der Waals surface area contributed by atoms with Crippen LogP contribution in [0.2, 0.25) is 0 Å². The van der Waals surface area contributed by atoms with E-state index in [1.165, 1.54) is 0 Å². The molecule has 136 valence electrons. The predicted octanol–water partition coefficient (Wildman–Crippen LogP) is 3.71. The first-order valence-electron chi connectivity index (χ1n) is 8.72. The second kappa shape index (κ2) is 9.62. The van der Waals surface area contributed by atoms with Gasteiger partial charge in [-0.05, 0) is 46.1 Å². The zero-order valence-electron chi connectivity index (χ0n) is 15.6. The lowest BCUT2D eigenvalue weighted by Crippen LogP contribution is -2.37. The Bertz CT molecular complexity index is 477. The first-order valence-corrected chi connectivity index (χ1v) is 8.72. The van der Waals surface area contributed by atoms with E-state index in [0.717, 1.165) is 37.3 Å². The molecule has 0 spiro atoms. The molecular weight excluding hydrogens is 304 g/mol. The van der Waals surface area contributed by atoms with Crippen LogP contribution in [0.1, 0.15) is 53.4 Å². The standard InChI is InChI=1S/C19H32N2O3/c1-7-15(3)20-17(8-2)21-12-9-10-16(21)14-23-13-11-18(22)24-19(4,5)6/h8,16H,2-3,7,9-14H2,1,4-6H3/t16-/m0/s1. The second-order valence-corrected chi connectivity index (χ2v) is 6.99. The lowest BCUT2D eigenvalue weighted by Gasteiger charge is -2.26. The molecule has 5 heteroatoms. The van der Waals surface area contributed by atoms with E-state index in [-0.39, 0.29) is 18.4 Å². The smallest absolute Gasteiger partial charge is 0.308 e. The van der Waals surface area contributed by atoms with E-state index >= 15 is 0 Å². The van der Waals surface area contributed by atoms with Crippen LogP contribution in [0.5, 0.6) is 0 Å². The Labute approximate surface area is 146 Å². The maximum Gasteiger partial charge on any atom is 0.308 e. The van der Waals surface area contributed by atoms with Crippen molar-refractivity contribution in [2.24, 2.45) is 4.99 Å². The number of hydrogen-bond donors (Lipinski definition) is 0. The molecule has 0 amide bonds. The van der Waals surface area contributed by atoms with Crippen molar-refractivity contribution >= 4 is 11.8 Å². The van der Waals surface area contributed by atoms with Crippen LogP contribution in [0.4, 0.5) is 0 Å². The molecule has 1 rings (SSSR count). The van der Waals surface area contributed by atoms with Crippen LogP contribution >= 0.6 is 0 Å². The highest BCUT2D eigenvalue weighted by atomic mass is 16.6. The zero-order valence-corrected chi connectivity index (χ0v) is 15.6. The Morgan fingerprint density at radius 3 is 2.71 bits per heavy atom. The molecular formula is C19H32N2O3. The van der Waals surface area contributed by atoms with Gasteiger partial charge < -0.3 is 14.4 Å². The Balaban J connectivity index is 2.44. The highest BCUT2D eigenvalue weighted by molar-refractivity contribution is 5.93. The van der Waals surface area contributed by atoms with Gasteiger partial charge in [-0.3, -0.25) is 4.79 Å². The van der Waals surface area contributed by atoms with Gasteiger partial charge in [0.1, 0.15) is 11.4 Å². The zero-order chi connectivity index (χ0) is 18.2. The van der Waals surface area contributed by atoms with Gasteiger partial charge in [-0.1, -0.05) is 20.1 Å². The van der Waals surface area contributed by atoms with E-state index in [1.54, 1.807) is 6.08 Å². The number of esters is 1. The summed E-state index contributed by atoms with van der Waals surface area (Å²) in [6, 6.07) is 0.269. The van der Waals surface area contributed by atoms with Crippen LogP contribution in [0.25, 0.3) is 0 Å². The molecule has 0 aliphatic carbocycles. The summed E-state index contributed by atoms with van der Waals surface area (Å²) in [4.78, 5) is 18.4. The van der Waals surface area contributed by atoms with Crippen molar-refractivity contribution in [3.8, 4) is 0 Å². The molecule has 5 nitrogen and oxygen atoms in total. The Kier molecular flexibility index (Phi) is 8.19. The number of likely N-dealkylation sites (tertiary alicyclic amines) is 1. The van der Waals surface area contributed by atoms with Gasteiger partial charge in [-0.2, -0.15) is 0 Å². The van der Waals surface area contributed by atoms with Crippen LogP contribution in [0.3, 0.4) is 0 Å². The molecule has 1 aliphatic rings. The first-order chi connectivity index (χ1) is 11.3. The number of aliphatic imine (C=N–C) groups is 1. The van der Waals surface area contributed by atoms with Crippen LogP contribution in [0, 0.1) is 0 Å². The minimum atomic E-state index is -0.448. The Morgan fingerprint density at radius 2 is 2.12 bits per heavy atom. The monoisotopic (exact) mass is 336 g/mol. The second-order valence-electron chi connectivity index (χ2n) is 6.99. The average Bonchev–Trinajstić information content (AvgIpc) is 2.95. The number of ether oxygens (including phenoxy) is 2. The van der Waals surface area contributed by atoms with Crippen LogP contribution in [-0.4, -0.2) is 48.1 Å². The van der Waals surface area contributed by atoms with E-state index in [4.69, 9.17) is 9.47 Å². The number of allylic oxidation sites excluding steroid dienone is 1. The summed E-state index contributed by atoms with van der Waals surface area (Å²) in [5, 5.41) is 0. The Hall–Kier alpha value is -1.62. The molecule has 0 saturated carbocycles. The Morgan fingerprint density at radius 1 is 1.42 bits per heavy atom. The van der Waals surface area contributed by atoms with Gasteiger partial charge in [0.05, 0.1) is 25.7 Å². The summed E-state index contributed by atoms with van der Waals surface area (Å²) in [6.45, 7) is 17.3. The molecule has 0 aromatic heterocycles. The maximum absolute atomic E-state index is 11.7. The SMILES string of the molecule is C=CC(=NC(=C)CC)N1CCC[C@H]1COCCC(=O)OC(C)(C)C. The van der Waals surface area contributed by atoms with Gasteiger partial charge in [-0.25, -0.2) is 4.99 Å². The summed E-state index contributed by atoms with van der Waals surface area (Å²) >= 11 is 0. The van der Waals surface area contributed by atoms with E-state index in [2.05, 4.69) is 23.1 Å². The number of hydrogen-bond acceptors (Lipinski definition) is 4. The molecule has 0 radical (unpaired) electrons. The van der Waals surface area contributed by atoms with Gasteiger partial charge in [0.15, 0.2) is 0 Å². The van der Waals surface area contributed by atoms with Crippen molar-refractivity contribution in [2.75, 3.05) is 19.8 Å². The van der Waals surface area contributed by atoms with Crippen molar-refractivity contribution in [1.82, 2.24) is 4.90 Å². The molecule has 24 heavy (non-hydrogen) atoms. The lowest BCUT2D eigenvalue weighted by atomic mass is 10.2. The van der Waals surface area contributed by atoms with Crippen molar-refractivity contribution in [3.05, 3.63) is 24.9 Å². The van der Waals surface area contributed by atoms with Crippen LogP contribution < -0.4 is 0 Å². The fourth-order valence-corrected chi connectivity index (χ4v) is 2.55. The summed E-state index contributed by atoms with van der Waals surface area (Å²) in [5.41, 5.74) is 0.400. The minimum absolute atomic E-state index is 0.224. The third-order valence-corrected chi connectivity index (χ3v) is 3.72. The fourth-order valence-electron chi connectivity index (χ4n) is 2.55. The fraction of sp³-hybridized carbons (Fsp3) is 0.684. The first kappa shape index (κ1) is 20.4. The lowest BCUT2D eigenvalue weighted by molar-refractivity contribution is -0.156. The van der Waals surface area contributed by atoms with E-state index in [9.17, 15) is 4.79 Å². The summed E-state index contributed by atoms with van der Waals surface area (Å²) < 4.78 is 11.0. The average molecular weight is 336 g/mol. The van der Waals surface area contributed by atoms with Gasteiger partial charge >= 0.3 is 5.97 Å². The van der Waals surface area contributed by atoms with Crippen molar-refractivity contribution in [2.45, 2.75) is 65.0 Å². The predicted molar refractivity (Wildman–Crippen MR) is 98.1 cm³/mol. The molecule has 1 atom stereocenters. The number of amidine groups is 1. The number of nitrogens with zero attached hydrogens (tertiary/aromatic N) is 2. The largest absolute Gasteiger partial charge is 0.460 e. The summed E-state index contributed by atoms with van der Waals surface area (Å²) in [6.07, 6.45) is 5.03. The molecule has 0 aromatic carbocycles. The third-order valence-electron chi connectivity index (χ3n) is 3.72. The van der Waals surface area contributed by atoms with E-state index in [1.807, 2.05) is 27.7 Å². The van der Waals surface area contributed by atoms with Gasteiger partial charge in [0, 0.05) is 12.2 Å². The molecule has 1 heterocycles. The van der Waals surface area contributed by atoms with Gasteiger partial charge in [0.2, 0.25) is 0 Å². The molecule has 1 fully saturated rings. The summed E-state index contributed by atoms with van der Waals surface area (Å²) in [5.74, 6) is 0.637. The quantitative estimate of drug-likeness (QED) is 0.293. The van der Waals surface area contributed by atoms with Gasteiger partial charge in [-0.15, -0.1) is 0 Å². The maximum atomic E-state index is 11.7. The number of carbonyl (C=O) groups excluding carboxylic acids is 1. The van der Waals surface area contributed by atoms with Crippen molar-refractivity contribution < 1.29 is 14.3 Å². The molecule has 0 aromatic rings. The minimum Gasteiger partial charge on any atom is -0.460 e. The normalized spacial score (nSPS) is 18.6. The van der Waals surface area contributed by atoms with E-state index in [0.29, 0.717) is 13.2 Å². The molecule has 0 unspecified atom stereocenters. The molecule has 1 aliphatic heterocycles.